The highest BCUT2D eigenvalue weighted by atomic mass is 16.5. The van der Waals surface area contributed by atoms with E-state index >= 15 is 0 Å². The van der Waals surface area contributed by atoms with E-state index in [0.717, 1.165) is 5.56 Å². The van der Waals surface area contributed by atoms with E-state index < -0.39 is 18.0 Å². The zero-order valence-corrected chi connectivity index (χ0v) is 20.0. The van der Waals surface area contributed by atoms with E-state index in [1.807, 2.05) is 12.1 Å². The van der Waals surface area contributed by atoms with Crippen LogP contribution in [0, 0.1) is 0 Å². The molecular formula is C25H29N3O8. The van der Waals surface area contributed by atoms with Gasteiger partial charge in [0.25, 0.3) is 11.8 Å². The number of amides is 3. The van der Waals surface area contributed by atoms with E-state index in [-0.39, 0.29) is 32.1 Å². The maximum absolute atomic E-state index is 12.8. The first-order chi connectivity index (χ1) is 17.3. The lowest BCUT2D eigenvalue weighted by molar-refractivity contribution is -0.136. The van der Waals surface area contributed by atoms with Crippen LogP contribution in [0.2, 0.25) is 0 Å². The number of nitrogens with zero attached hydrogens (tertiary/aromatic N) is 2. The number of carbonyl (C=O) groups excluding carboxylic acids is 2. The Kier molecular flexibility index (Phi) is 9.12. The van der Waals surface area contributed by atoms with Crippen LogP contribution in [0.1, 0.15) is 11.1 Å². The maximum atomic E-state index is 12.8. The van der Waals surface area contributed by atoms with Gasteiger partial charge in [-0.1, -0.05) is 12.1 Å². The number of hydroxylamine groups is 1. The molecule has 0 aromatic heterocycles. The van der Waals surface area contributed by atoms with Crippen molar-refractivity contribution in [2.24, 2.45) is 0 Å². The molecule has 1 unspecified atom stereocenters. The summed E-state index contributed by atoms with van der Waals surface area (Å²) >= 11 is 0. The van der Waals surface area contributed by atoms with Crippen LogP contribution in [-0.2, 0) is 16.0 Å². The summed E-state index contributed by atoms with van der Waals surface area (Å²) in [5.41, 5.74) is 3.05. The monoisotopic (exact) mass is 499 g/mol. The third-order valence-electron chi connectivity index (χ3n) is 5.74. The Balaban J connectivity index is 1.62. The van der Waals surface area contributed by atoms with Crippen LogP contribution < -0.4 is 19.7 Å². The van der Waals surface area contributed by atoms with Gasteiger partial charge in [-0.3, -0.25) is 14.8 Å². The summed E-state index contributed by atoms with van der Waals surface area (Å²) in [7, 11) is 3.09. The van der Waals surface area contributed by atoms with E-state index in [0.29, 0.717) is 29.2 Å². The summed E-state index contributed by atoms with van der Waals surface area (Å²) in [6.45, 7) is 0.484. The molecule has 1 aliphatic rings. The molecule has 11 heteroatoms. The van der Waals surface area contributed by atoms with E-state index in [4.69, 9.17) is 19.4 Å². The maximum Gasteiger partial charge on any atom is 0.407 e. The molecule has 36 heavy (non-hydrogen) atoms. The number of carbonyl (C=O) groups is 3. The molecule has 0 radical (unpaired) electrons. The Hall–Kier alpha value is -4.25. The topological polar surface area (TPSA) is 138 Å². The van der Waals surface area contributed by atoms with E-state index in [1.165, 1.54) is 22.5 Å². The molecule has 3 N–H and O–H groups in total. The number of rotatable bonds is 9. The van der Waals surface area contributed by atoms with Gasteiger partial charge in [0.05, 0.1) is 20.3 Å². The van der Waals surface area contributed by atoms with Crippen LogP contribution >= 0.6 is 0 Å². The smallest absolute Gasteiger partial charge is 0.407 e. The number of nitrogens with one attached hydrogen (secondary N) is 1. The SMILES string of the molecule is COc1cc(CC2CN(C(=O)COc3ccc(C=CC(=O)NO)cc3)CCN2C(=O)O)cc(OC)c1. The molecule has 0 saturated carbocycles. The molecule has 2 aromatic carbocycles. The normalized spacial score (nSPS) is 15.5. The van der Waals surface area contributed by atoms with Gasteiger partial charge in [0.2, 0.25) is 0 Å². The largest absolute Gasteiger partial charge is 0.497 e. The zero-order chi connectivity index (χ0) is 26.1. The van der Waals surface area contributed by atoms with Gasteiger partial charge in [-0.05, 0) is 47.9 Å². The van der Waals surface area contributed by atoms with Crippen molar-refractivity contribution >= 4 is 24.0 Å². The first-order valence-electron chi connectivity index (χ1n) is 11.2. The van der Waals surface area contributed by atoms with Gasteiger partial charge in [-0.15, -0.1) is 0 Å². The number of hydrogen-bond acceptors (Lipinski definition) is 7. The van der Waals surface area contributed by atoms with Gasteiger partial charge >= 0.3 is 6.09 Å². The molecule has 1 fully saturated rings. The Morgan fingerprint density at radius 1 is 1.03 bits per heavy atom. The molecule has 3 rings (SSSR count). The average molecular weight is 500 g/mol. The highest BCUT2D eigenvalue weighted by Gasteiger charge is 2.32. The molecule has 1 atom stereocenters. The molecule has 3 amide bonds. The summed E-state index contributed by atoms with van der Waals surface area (Å²) in [5.74, 6) is 0.768. The molecule has 192 valence electrons. The third-order valence-corrected chi connectivity index (χ3v) is 5.74. The van der Waals surface area contributed by atoms with Gasteiger partial charge in [0, 0.05) is 31.8 Å². The zero-order valence-electron chi connectivity index (χ0n) is 20.0. The summed E-state index contributed by atoms with van der Waals surface area (Å²) in [5, 5.41) is 18.2. The van der Waals surface area contributed by atoms with Crippen molar-refractivity contribution in [2.45, 2.75) is 12.5 Å². The quantitative estimate of drug-likeness (QED) is 0.271. The van der Waals surface area contributed by atoms with Crippen LogP contribution in [0.4, 0.5) is 4.79 Å². The van der Waals surface area contributed by atoms with Crippen LogP contribution in [-0.4, -0.2) is 84.5 Å². The van der Waals surface area contributed by atoms with Crippen molar-refractivity contribution in [1.82, 2.24) is 15.3 Å². The van der Waals surface area contributed by atoms with Gasteiger partial charge in [-0.25, -0.2) is 10.3 Å². The molecule has 11 nitrogen and oxygen atoms in total. The molecule has 1 heterocycles. The second-order valence-electron chi connectivity index (χ2n) is 8.06. The first kappa shape index (κ1) is 26.4. The van der Waals surface area contributed by atoms with Crippen LogP contribution in [0.15, 0.2) is 48.5 Å². The van der Waals surface area contributed by atoms with Crippen LogP contribution in [0.3, 0.4) is 0 Å². The molecule has 1 aliphatic heterocycles. The second kappa shape index (κ2) is 12.5. The van der Waals surface area contributed by atoms with Crippen LogP contribution in [0.25, 0.3) is 6.08 Å². The number of carboxylic acid groups (broad SMARTS) is 1. The van der Waals surface area contributed by atoms with Gasteiger partial charge in [-0.2, -0.15) is 0 Å². The van der Waals surface area contributed by atoms with Crippen molar-refractivity contribution in [3.05, 3.63) is 59.7 Å². The minimum absolute atomic E-state index is 0.190. The Morgan fingerprint density at radius 2 is 1.69 bits per heavy atom. The third kappa shape index (κ3) is 7.12. The lowest BCUT2D eigenvalue weighted by atomic mass is 10.0. The standard InChI is InChI=1S/C25H29N3O8/c1-34-21-12-18(13-22(14-21)35-2)11-19-15-27(9-10-28(19)25(31)32)24(30)16-36-20-6-3-17(4-7-20)5-8-23(29)26-33/h3-8,12-14,19,33H,9-11,15-16H2,1-2H3,(H,26,29)(H,31,32). The van der Waals surface area contributed by atoms with Crippen molar-refractivity contribution < 1.29 is 38.9 Å². The van der Waals surface area contributed by atoms with Crippen molar-refractivity contribution in [3.63, 3.8) is 0 Å². The highest BCUT2D eigenvalue weighted by molar-refractivity contribution is 5.90. The van der Waals surface area contributed by atoms with Gasteiger partial charge in [0.15, 0.2) is 6.61 Å². The second-order valence-corrected chi connectivity index (χ2v) is 8.06. The molecule has 0 aliphatic carbocycles. The molecule has 0 spiro atoms. The van der Waals surface area contributed by atoms with Crippen molar-refractivity contribution in [1.29, 1.82) is 0 Å². The Bertz CT molecular complexity index is 1080. The number of methoxy groups -OCH3 is 2. The first-order valence-corrected chi connectivity index (χ1v) is 11.2. The minimum atomic E-state index is -1.04. The van der Waals surface area contributed by atoms with E-state index in [9.17, 15) is 19.5 Å². The average Bonchev–Trinajstić information content (AvgIpc) is 2.90. The Morgan fingerprint density at radius 3 is 2.28 bits per heavy atom. The van der Waals surface area contributed by atoms with Crippen LogP contribution in [0.5, 0.6) is 17.2 Å². The molecular weight excluding hydrogens is 470 g/mol. The fraction of sp³-hybridized carbons (Fsp3) is 0.320. The molecule has 0 bridgehead atoms. The van der Waals surface area contributed by atoms with Crippen molar-refractivity contribution in [3.8, 4) is 17.2 Å². The lowest BCUT2D eigenvalue weighted by Gasteiger charge is -2.40. The number of hydrogen-bond donors (Lipinski definition) is 3. The summed E-state index contributed by atoms with van der Waals surface area (Å²) < 4.78 is 16.2. The number of piperazine rings is 1. The minimum Gasteiger partial charge on any atom is -0.497 e. The highest BCUT2D eigenvalue weighted by Crippen LogP contribution is 2.25. The fourth-order valence-corrected chi connectivity index (χ4v) is 3.89. The Labute approximate surface area is 208 Å². The summed E-state index contributed by atoms with van der Waals surface area (Å²) in [6, 6.07) is 11.6. The predicted molar refractivity (Wildman–Crippen MR) is 129 cm³/mol. The van der Waals surface area contributed by atoms with Crippen molar-refractivity contribution in [2.75, 3.05) is 40.5 Å². The predicted octanol–water partition coefficient (Wildman–Crippen LogP) is 2.03. The summed E-state index contributed by atoms with van der Waals surface area (Å²) in [4.78, 5) is 38.7. The van der Waals surface area contributed by atoms with E-state index in [2.05, 4.69) is 0 Å². The van der Waals surface area contributed by atoms with Gasteiger partial charge < -0.3 is 29.1 Å². The summed E-state index contributed by atoms with van der Waals surface area (Å²) in [6.07, 6.45) is 2.03. The number of ether oxygens (including phenoxy) is 3. The van der Waals surface area contributed by atoms with E-state index in [1.54, 1.807) is 49.5 Å². The molecule has 2 aromatic rings. The fourth-order valence-electron chi connectivity index (χ4n) is 3.89. The molecule has 1 saturated heterocycles. The lowest BCUT2D eigenvalue weighted by Crippen LogP contribution is -2.57. The van der Waals surface area contributed by atoms with Gasteiger partial charge in [0.1, 0.15) is 17.2 Å². The number of benzene rings is 2.